The quantitative estimate of drug-likeness (QED) is 0.0427. The van der Waals surface area contributed by atoms with E-state index < -0.39 is 49.4 Å². The fourth-order valence-electron chi connectivity index (χ4n) is 6.07. The van der Waals surface area contributed by atoms with Gasteiger partial charge in [-0.25, -0.2) is 0 Å². The van der Waals surface area contributed by atoms with Crippen molar-refractivity contribution < 1.29 is 49.0 Å². The Hall–Kier alpha value is -1.30. The van der Waals surface area contributed by atoms with Crippen LogP contribution in [-0.4, -0.2) is 89.0 Å². The summed E-state index contributed by atoms with van der Waals surface area (Å²) in [7, 11) is 0. The molecule has 1 saturated heterocycles. The molecule has 0 amide bonds. The van der Waals surface area contributed by atoms with Gasteiger partial charge in [0.15, 0.2) is 12.4 Å². The molecule has 10 nitrogen and oxygen atoms in total. The minimum atomic E-state index is -1.59. The van der Waals surface area contributed by atoms with Crippen LogP contribution in [0.3, 0.4) is 0 Å². The maximum Gasteiger partial charge on any atom is 0.306 e. The van der Waals surface area contributed by atoms with E-state index in [0.717, 1.165) is 38.5 Å². The van der Waals surface area contributed by atoms with Gasteiger partial charge in [-0.2, -0.15) is 0 Å². The molecule has 48 heavy (non-hydrogen) atoms. The van der Waals surface area contributed by atoms with Gasteiger partial charge in [-0.3, -0.25) is 9.59 Å². The third-order valence-corrected chi connectivity index (χ3v) is 9.24. The molecule has 1 aliphatic rings. The molecule has 0 saturated carbocycles. The Balaban J connectivity index is 2.39. The molecule has 0 aromatic rings. The summed E-state index contributed by atoms with van der Waals surface area (Å²) in [5.74, 6) is -0.800. The molecule has 1 rings (SSSR count). The Labute approximate surface area is 291 Å². The first kappa shape index (κ1) is 44.7. The van der Waals surface area contributed by atoms with Crippen molar-refractivity contribution in [2.45, 2.75) is 211 Å². The molecule has 1 aliphatic heterocycles. The summed E-state index contributed by atoms with van der Waals surface area (Å²) in [5.41, 5.74) is 0. The minimum Gasteiger partial charge on any atom is -0.462 e. The molecule has 0 radical (unpaired) electrons. The number of carbonyl (C=O) groups is 2. The molecule has 0 aromatic heterocycles. The van der Waals surface area contributed by atoms with E-state index in [-0.39, 0.29) is 32.0 Å². The van der Waals surface area contributed by atoms with E-state index in [4.69, 9.17) is 18.9 Å². The second kappa shape index (κ2) is 30.5. The van der Waals surface area contributed by atoms with Crippen LogP contribution in [0.15, 0.2) is 0 Å². The van der Waals surface area contributed by atoms with E-state index in [2.05, 4.69) is 13.8 Å². The normalized spacial score (nSPS) is 21.7. The van der Waals surface area contributed by atoms with Gasteiger partial charge in [0, 0.05) is 12.8 Å². The van der Waals surface area contributed by atoms with Crippen molar-refractivity contribution in [3.05, 3.63) is 0 Å². The Kier molecular flexibility index (Phi) is 28.4. The summed E-state index contributed by atoms with van der Waals surface area (Å²) in [5, 5.41) is 39.9. The SMILES string of the molecule is CCCCCCCCCCCCCCCC(=O)O[C@H](COC(=O)CCCCCCCCCCCC)CO[C@@H]1O[C@H](CO)[C@H](O)[C@H](O)[C@H]1O. The Morgan fingerprint density at radius 2 is 0.979 bits per heavy atom. The van der Waals surface area contributed by atoms with Gasteiger partial charge in [-0.1, -0.05) is 149 Å². The number of carbonyl (C=O) groups excluding carboxylic acids is 2. The van der Waals surface area contributed by atoms with Gasteiger partial charge in [-0.15, -0.1) is 0 Å². The van der Waals surface area contributed by atoms with Gasteiger partial charge < -0.3 is 39.4 Å². The molecule has 4 N–H and O–H groups in total. The Morgan fingerprint density at radius 3 is 1.42 bits per heavy atom. The maximum atomic E-state index is 12.7. The lowest BCUT2D eigenvalue weighted by Crippen LogP contribution is -2.59. The first-order valence-electron chi connectivity index (χ1n) is 19.6. The number of hydrogen-bond donors (Lipinski definition) is 4. The van der Waals surface area contributed by atoms with Crippen molar-refractivity contribution in [1.29, 1.82) is 0 Å². The number of ether oxygens (including phenoxy) is 4. The molecular weight excluding hydrogens is 616 g/mol. The van der Waals surface area contributed by atoms with Crippen LogP contribution in [0.5, 0.6) is 0 Å². The van der Waals surface area contributed by atoms with Crippen LogP contribution >= 0.6 is 0 Å². The molecule has 1 fully saturated rings. The fraction of sp³-hybridized carbons (Fsp3) is 0.947. The van der Waals surface area contributed by atoms with Gasteiger partial charge in [-0.05, 0) is 12.8 Å². The number of aliphatic hydroxyl groups is 4. The zero-order valence-corrected chi connectivity index (χ0v) is 30.5. The third kappa shape index (κ3) is 22.4. The molecule has 0 spiro atoms. The maximum absolute atomic E-state index is 12.7. The lowest BCUT2D eigenvalue weighted by atomic mass is 9.99. The molecular formula is C38H72O10. The van der Waals surface area contributed by atoms with Crippen LogP contribution in [0.2, 0.25) is 0 Å². The summed E-state index contributed by atoms with van der Waals surface area (Å²) >= 11 is 0. The smallest absolute Gasteiger partial charge is 0.306 e. The minimum absolute atomic E-state index is 0.210. The Bertz CT molecular complexity index is 764. The summed E-state index contributed by atoms with van der Waals surface area (Å²) < 4.78 is 22.0. The van der Waals surface area contributed by atoms with Crippen molar-refractivity contribution in [2.75, 3.05) is 19.8 Å². The number of esters is 2. The van der Waals surface area contributed by atoms with Gasteiger partial charge in [0.1, 0.15) is 31.0 Å². The van der Waals surface area contributed by atoms with E-state index in [1.54, 1.807) is 0 Å². The van der Waals surface area contributed by atoms with Gasteiger partial charge in [0.05, 0.1) is 13.2 Å². The summed E-state index contributed by atoms with van der Waals surface area (Å²) in [6, 6.07) is 0. The molecule has 10 heteroatoms. The molecule has 1 heterocycles. The number of hydrogen-bond acceptors (Lipinski definition) is 10. The topological polar surface area (TPSA) is 152 Å². The molecule has 284 valence electrons. The first-order valence-corrected chi connectivity index (χ1v) is 19.6. The molecule has 0 aliphatic carbocycles. The fourth-order valence-corrected chi connectivity index (χ4v) is 6.07. The van der Waals surface area contributed by atoms with E-state index in [9.17, 15) is 30.0 Å². The van der Waals surface area contributed by atoms with Crippen LogP contribution in [0.1, 0.15) is 174 Å². The highest BCUT2D eigenvalue weighted by molar-refractivity contribution is 5.70. The number of unbranched alkanes of at least 4 members (excludes halogenated alkanes) is 21. The Morgan fingerprint density at radius 1 is 0.562 bits per heavy atom. The van der Waals surface area contributed by atoms with Crippen LogP contribution in [-0.2, 0) is 28.5 Å². The highest BCUT2D eigenvalue weighted by Crippen LogP contribution is 2.22. The lowest BCUT2D eigenvalue weighted by molar-refractivity contribution is -0.305. The van der Waals surface area contributed by atoms with Gasteiger partial charge in [0.2, 0.25) is 0 Å². The zero-order chi connectivity index (χ0) is 35.2. The monoisotopic (exact) mass is 689 g/mol. The number of aliphatic hydroxyl groups excluding tert-OH is 4. The molecule has 0 bridgehead atoms. The summed E-state index contributed by atoms with van der Waals surface area (Å²) in [6.07, 6.45) is 19.7. The highest BCUT2D eigenvalue weighted by Gasteiger charge is 2.44. The van der Waals surface area contributed by atoms with Crippen LogP contribution in [0, 0.1) is 0 Å². The first-order chi connectivity index (χ1) is 23.3. The van der Waals surface area contributed by atoms with Crippen molar-refractivity contribution in [3.63, 3.8) is 0 Å². The summed E-state index contributed by atoms with van der Waals surface area (Å²) in [6.45, 7) is 3.40. The predicted molar refractivity (Wildman–Crippen MR) is 187 cm³/mol. The van der Waals surface area contributed by atoms with E-state index in [0.29, 0.717) is 6.42 Å². The van der Waals surface area contributed by atoms with E-state index >= 15 is 0 Å². The van der Waals surface area contributed by atoms with E-state index in [1.165, 1.54) is 103 Å². The second-order valence-corrected chi connectivity index (χ2v) is 13.8. The molecule has 0 unspecified atom stereocenters. The van der Waals surface area contributed by atoms with Gasteiger partial charge in [0.25, 0.3) is 0 Å². The van der Waals surface area contributed by atoms with Crippen molar-refractivity contribution in [2.24, 2.45) is 0 Å². The largest absolute Gasteiger partial charge is 0.462 e. The van der Waals surface area contributed by atoms with Crippen molar-refractivity contribution in [3.8, 4) is 0 Å². The standard InChI is InChI=1S/C38H72O10/c1-3-5-7-9-11-13-15-16-17-19-21-23-25-27-34(41)47-31(30-46-38-37(44)36(43)35(42)32(28-39)48-38)29-45-33(40)26-24-22-20-18-14-12-10-8-6-4-2/h31-32,35-39,42-44H,3-30H2,1-2H3/t31-,32-,35+,36+,37-,38-/m1/s1. The van der Waals surface area contributed by atoms with Crippen molar-refractivity contribution >= 4 is 11.9 Å². The molecule has 6 atom stereocenters. The van der Waals surface area contributed by atoms with Gasteiger partial charge >= 0.3 is 11.9 Å². The lowest BCUT2D eigenvalue weighted by Gasteiger charge is -2.39. The molecule has 0 aromatic carbocycles. The van der Waals surface area contributed by atoms with Crippen LogP contribution < -0.4 is 0 Å². The highest BCUT2D eigenvalue weighted by atomic mass is 16.7. The predicted octanol–water partition coefficient (Wildman–Crippen LogP) is 7.05. The second-order valence-electron chi connectivity index (χ2n) is 13.8. The van der Waals surface area contributed by atoms with Crippen LogP contribution in [0.4, 0.5) is 0 Å². The van der Waals surface area contributed by atoms with Crippen molar-refractivity contribution in [1.82, 2.24) is 0 Å². The van der Waals surface area contributed by atoms with Crippen LogP contribution in [0.25, 0.3) is 0 Å². The average Bonchev–Trinajstić information content (AvgIpc) is 3.08. The summed E-state index contributed by atoms with van der Waals surface area (Å²) in [4.78, 5) is 25.1. The average molecular weight is 689 g/mol. The third-order valence-electron chi connectivity index (χ3n) is 9.24. The zero-order valence-electron chi connectivity index (χ0n) is 30.5. The number of rotatable bonds is 32. The van der Waals surface area contributed by atoms with E-state index in [1.807, 2.05) is 0 Å².